The van der Waals surface area contributed by atoms with Crippen LogP contribution in [-0.4, -0.2) is 17.4 Å². The van der Waals surface area contributed by atoms with Crippen molar-refractivity contribution in [2.75, 3.05) is 6.54 Å². The van der Waals surface area contributed by atoms with Gasteiger partial charge in [0.1, 0.15) is 10.7 Å². The van der Waals surface area contributed by atoms with E-state index in [1.165, 1.54) is 11.3 Å². The number of nitrogens with one attached hydrogen (secondary N) is 1. The third-order valence-corrected chi connectivity index (χ3v) is 3.55. The maximum Gasteiger partial charge on any atom is 0.270 e. The molecule has 90 valence electrons. The largest absolute Gasteiger partial charge is 0.350 e. The summed E-state index contributed by atoms with van der Waals surface area (Å²) in [4.78, 5) is 15.8. The van der Waals surface area contributed by atoms with E-state index in [0.29, 0.717) is 30.6 Å². The summed E-state index contributed by atoms with van der Waals surface area (Å²) in [6, 6.07) is 0. The fourth-order valence-electron chi connectivity index (χ4n) is 1.09. The molecule has 0 aliphatic carbocycles. The van der Waals surface area contributed by atoms with E-state index < -0.39 is 0 Å². The molecule has 1 atom stereocenters. The monoisotopic (exact) mass is 241 g/mol. The van der Waals surface area contributed by atoms with E-state index in [2.05, 4.69) is 31.1 Å². The first-order valence-electron chi connectivity index (χ1n) is 5.47. The highest BCUT2D eigenvalue weighted by atomic mass is 32.1. The highest BCUT2D eigenvalue weighted by molar-refractivity contribution is 7.09. The zero-order chi connectivity index (χ0) is 12.1. The van der Waals surface area contributed by atoms with Gasteiger partial charge in [-0.2, -0.15) is 0 Å². The smallest absolute Gasteiger partial charge is 0.270 e. The van der Waals surface area contributed by atoms with Crippen molar-refractivity contribution in [3.8, 4) is 0 Å². The second-order valence-electron chi connectivity index (χ2n) is 4.26. The molecule has 4 nitrogen and oxygen atoms in total. The number of carbonyl (C=O) groups excluding carboxylic acids is 1. The Kier molecular flexibility index (Phi) is 4.89. The molecular weight excluding hydrogens is 222 g/mol. The average Bonchev–Trinajstić information content (AvgIpc) is 2.73. The Morgan fingerprint density at radius 3 is 2.75 bits per heavy atom. The van der Waals surface area contributed by atoms with E-state index in [1.54, 1.807) is 5.38 Å². The number of aromatic nitrogens is 1. The third kappa shape index (κ3) is 3.57. The molecule has 1 aromatic heterocycles. The van der Waals surface area contributed by atoms with Crippen molar-refractivity contribution >= 4 is 17.2 Å². The quantitative estimate of drug-likeness (QED) is 0.823. The Morgan fingerprint density at radius 2 is 2.25 bits per heavy atom. The maximum atomic E-state index is 11.7. The van der Waals surface area contributed by atoms with Crippen molar-refractivity contribution in [3.63, 3.8) is 0 Å². The molecule has 0 fully saturated rings. The molecule has 0 saturated heterocycles. The predicted octanol–water partition coefficient (Wildman–Crippen LogP) is 1.62. The Bertz CT molecular complexity index is 349. The van der Waals surface area contributed by atoms with Crippen LogP contribution in [0.2, 0.25) is 0 Å². The number of nitrogens with two attached hydrogens (primary N) is 1. The lowest BCUT2D eigenvalue weighted by Crippen LogP contribution is -2.30. The van der Waals surface area contributed by atoms with Crippen LogP contribution in [0.25, 0.3) is 0 Å². The number of amides is 1. The highest BCUT2D eigenvalue weighted by Gasteiger charge is 2.12. The standard InChI is InChI=1S/C11H19N3OS/c1-7(2)8(3)5-13-11(15)9-6-16-10(4-12)14-9/h6-8H,4-5,12H2,1-3H3,(H,13,15). The summed E-state index contributed by atoms with van der Waals surface area (Å²) in [7, 11) is 0. The Hall–Kier alpha value is -0.940. The molecule has 5 heteroatoms. The molecule has 1 heterocycles. The number of hydrogen-bond acceptors (Lipinski definition) is 4. The first-order chi connectivity index (χ1) is 7.54. The fraction of sp³-hybridized carbons (Fsp3) is 0.636. The van der Waals surface area contributed by atoms with Gasteiger partial charge in [-0.15, -0.1) is 11.3 Å². The summed E-state index contributed by atoms with van der Waals surface area (Å²) in [6.45, 7) is 7.49. The van der Waals surface area contributed by atoms with Crippen LogP contribution < -0.4 is 11.1 Å². The van der Waals surface area contributed by atoms with E-state index in [1.807, 2.05) is 0 Å². The second-order valence-corrected chi connectivity index (χ2v) is 5.20. The minimum Gasteiger partial charge on any atom is -0.350 e. The van der Waals surface area contributed by atoms with Gasteiger partial charge in [-0.1, -0.05) is 20.8 Å². The van der Waals surface area contributed by atoms with E-state index in [4.69, 9.17) is 5.73 Å². The van der Waals surface area contributed by atoms with Crippen molar-refractivity contribution in [2.24, 2.45) is 17.6 Å². The van der Waals surface area contributed by atoms with Crippen LogP contribution >= 0.6 is 11.3 Å². The maximum absolute atomic E-state index is 11.7. The summed E-state index contributed by atoms with van der Waals surface area (Å²) in [5.41, 5.74) is 5.91. The molecule has 1 rings (SSSR count). The van der Waals surface area contributed by atoms with Gasteiger partial charge < -0.3 is 11.1 Å². The summed E-state index contributed by atoms with van der Waals surface area (Å²) < 4.78 is 0. The van der Waals surface area contributed by atoms with Gasteiger partial charge in [-0.25, -0.2) is 4.98 Å². The number of thiazole rings is 1. The normalized spacial score (nSPS) is 12.8. The average molecular weight is 241 g/mol. The zero-order valence-electron chi connectivity index (χ0n) is 9.99. The van der Waals surface area contributed by atoms with Gasteiger partial charge >= 0.3 is 0 Å². The molecule has 0 spiro atoms. The lowest BCUT2D eigenvalue weighted by Gasteiger charge is -2.15. The minimum absolute atomic E-state index is 0.108. The Morgan fingerprint density at radius 1 is 1.56 bits per heavy atom. The van der Waals surface area contributed by atoms with E-state index >= 15 is 0 Å². The van der Waals surface area contributed by atoms with Gasteiger partial charge in [-0.05, 0) is 11.8 Å². The number of hydrogen-bond donors (Lipinski definition) is 2. The van der Waals surface area contributed by atoms with Gasteiger partial charge in [0.2, 0.25) is 0 Å². The lowest BCUT2D eigenvalue weighted by molar-refractivity contribution is 0.0940. The molecule has 0 aliphatic rings. The highest BCUT2D eigenvalue weighted by Crippen LogP contribution is 2.10. The topological polar surface area (TPSA) is 68.0 Å². The van der Waals surface area contributed by atoms with Crippen LogP contribution in [0.5, 0.6) is 0 Å². The first kappa shape index (κ1) is 13.1. The van der Waals surface area contributed by atoms with Gasteiger partial charge in [0.05, 0.1) is 0 Å². The second kappa shape index (κ2) is 5.96. The van der Waals surface area contributed by atoms with E-state index in [0.717, 1.165) is 5.01 Å². The SMILES string of the molecule is CC(C)C(C)CNC(=O)c1csc(CN)n1. The van der Waals surface area contributed by atoms with Crippen molar-refractivity contribution in [1.29, 1.82) is 0 Å². The molecule has 1 aromatic rings. The molecule has 16 heavy (non-hydrogen) atoms. The van der Waals surface area contributed by atoms with Gasteiger partial charge in [0, 0.05) is 18.5 Å². The van der Waals surface area contributed by atoms with Crippen LogP contribution in [0.1, 0.15) is 36.3 Å². The van der Waals surface area contributed by atoms with Crippen molar-refractivity contribution in [1.82, 2.24) is 10.3 Å². The molecule has 0 aromatic carbocycles. The van der Waals surface area contributed by atoms with Crippen molar-refractivity contribution < 1.29 is 4.79 Å². The molecule has 0 saturated carbocycles. The van der Waals surface area contributed by atoms with Crippen LogP contribution in [0.15, 0.2) is 5.38 Å². The zero-order valence-corrected chi connectivity index (χ0v) is 10.8. The van der Waals surface area contributed by atoms with Crippen LogP contribution in [0.3, 0.4) is 0 Å². The van der Waals surface area contributed by atoms with Crippen LogP contribution in [0, 0.1) is 11.8 Å². The Balaban J connectivity index is 2.46. The summed E-state index contributed by atoms with van der Waals surface area (Å²) in [6.07, 6.45) is 0. The van der Waals surface area contributed by atoms with E-state index in [9.17, 15) is 4.79 Å². The Labute approximate surface area is 100 Å². The lowest BCUT2D eigenvalue weighted by atomic mass is 9.98. The molecule has 0 bridgehead atoms. The molecule has 3 N–H and O–H groups in total. The summed E-state index contributed by atoms with van der Waals surface area (Å²) in [5.74, 6) is 0.926. The van der Waals surface area contributed by atoms with Crippen LogP contribution in [-0.2, 0) is 6.54 Å². The number of nitrogens with zero attached hydrogens (tertiary/aromatic N) is 1. The summed E-state index contributed by atoms with van der Waals surface area (Å²) >= 11 is 1.42. The molecular formula is C11H19N3OS. The number of rotatable bonds is 5. The van der Waals surface area contributed by atoms with E-state index in [-0.39, 0.29) is 5.91 Å². The predicted molar refractivity (Wildman–Crippen MR) is 66.3 cm³/mol. The molecule has 0 radical (unpaired) electrons. The number of carbonyl (C=O) groups is 1. The molecule has 0 aliphatic heterocycles. The van der Waals surface area contributed by atoms with Crippen LogP contribution in [0.4, 0.5) is 0 Å². The minimum atomic E-state index is -0.108. The fourth-order valence-corrected chi connectivity index (χ4v) is 1.74. The van der Waals surface area contributed by atoms with Crippen molar-refractivity contribution in [3.05, 3.63) is 16.1 Å². The first-order valence-corrected chi connectivity index (χ1v) is 6.35. The van der Waals surface area contributed by atoms with Gasteiger partial charge in [0.25, 0.3) is 5.91 Å². The third-order valence-electron chi connectivity index (χ3n) is 2.68. The summed E-state index contributed by atoms with van der Waals surface area (Å²) in [5, 5.41) is 5.42. The van der Waals surface area contributed by atoms with Gasteiger partial charge in [0.15, 0.2) is 0 Å². The molecule has 1 amide bonds. The van der Waals surface area contributed by atoms with Gasteiger partial charge in [-0.3, -0.25) is 4.79 Å². The molecule has 1 unspecified atom stereocenters. The van der Waals surface area contributed by atoms with Crippen molar-refractivity contribution in [2.45, 2.75) is 27.3 Å².